The Morgan fingerprint density at radius 2 is 2.09 bits per heavy atom. The van der Waals surface area contributed by atoms with Crippen LogP contribution in [0.1, 0.15) is 29.6 Å². The molecule has 2 aromatic rings. The van der Waals surface area contributed by atoms with Gasteiger partial charge in [0.1, 0.15) is 11.1 Å². The van der Waals surface area contributed by atoms with Crippen molar-refractivity contribution in [3.05, 3.63) is 43.8 Å². The Morgan fingerprint density at radius 3 is 2.59 bits per heavy atom. The van der Waals surface area contributed by atoms with Crippen LogP contribution in [-0.2, 0) is 0 Å². The third-order valence-corrected chi connectivity index (χ3v) is 4.31. The molecule has 1 heterocycles. The fourth-order valence-corrected chi connectivity index (χ4v) is 3.17. The number of aryl methyl sites for hydroxylation is 1. The van der Waals surface area contributed by atoms with E-state index in [1.807, 2.05) is 19.2 Å². The summed E-state index contributed by atoms with van der Waals surface area (Å²) in [6.45, 7) is 4.45. The average molecular weight is 353 g/mol. The normalized spacial score (nSPS) is 11.3. The molecule has 1 aromatic heterocycles. The van der Waals surface area contributed by atoms with Crippen LogP contribution in [0, 0.1) is 18.3 Å². The van der Waals surface area contributed by atoms with E-state index in [-0.39, 0.29) is 0 Å². The predicted molar refractivity (Wildman–Crippen MR) is 92.6 cm³/mol. The van der Waals surface area contributed by atoms with E-state index in [1.165, 1.54) is 11.3 Å². The highest BCUT2D eigenvalue weighted by Crippen LogP contribution is 2.35. The van der Waals surface area contributed by atoms with Crippen LogP contribution < -0.4 is 4.74 Å². The molecule has 6 heteroatoms. The molecule has 0 N–H and O–H groups in total. The smallest absolute Gasteiger partial charge is 0.156 e. The summed E-state index contributed by atoms with van der Waals surface area (Å²) in [5, 5.41) is 12.8. The monoisotopic (exact) mass is 352 g/mol. The van der Waals surface area contributed by atoms with Crippen molar-refractivity contribution < 1.29 is 4.74 Å². The Labute approximate surface area is 143 Å². The van der Waals surface area contributed by atoms with Gasteiger partial charge >= 0.3 is 0 Å². The summed E-state index contributed by atoms with van der Waals surface area (Å²) in [7, 11) is 0. The molecule has 0 radical (unpaired) electrons. The first-order valence-electron chi connectivity index (χ1n) is 6.71. The number of aromatic nitrogens is 1. The lowest BCUT2D eigenvalue weighted by Crippen LogP contribution is -1.96. The van der Waals surface area contributed by atoms with Crippen LogP contribution in [0.15, 0.2) is 17.5 Å². The summed E-state index contributed by atoms with van der Waals surface area (Å²) in [5.74, 6) is 0.478. The Kier molecular flexibility index (Phi) is 5.84. The van der Waals surface area contributed by atoms with Gasteiger partial charge < -0.3 is 4.74 Å². The summed E-state index contributed by atoms with van der Waals surface area (Å²) in [4.78, 5) is 4.32. The highest BCUT2D eigenvalue weighted by molar-refractivity contribution is 7.11. The molecule has 0 fully saturated rings. The van der Waals surface area contributed by atoms with Crippen LogP contribution >= 0.6 is 34.5 Å². The average Bonchev–Trinajstić information content (AvgIpc) is 2.90. The van der Waals surface area contributed by atoms with Gasteiger partial charge in [0.05, 0.1) is 22.2 Å². The molecule has 3 nitrogen and oxygen atoms in total. The van der Waals surface area contributed by atoms with Gasteiger partial charge in [-0.05, 0) is 37.1 Å². The van der Waals surface area contributed by atoms with Crippen LogP contribution in [0.2, 0.25) is 10.0 Å². The van der Waals surface area contributed by atoms with Gasteiger partial charge in [-0.2, -0.15) is 5.26 Å². The van der Waals surface area contributed by atoms with E-state index in [4.69, 9.17) is 27.9 Å². The summed E-state index contributed by atoms with van der Waals surface area (Å²) < 4.78 is 5.53. The van der Waals surface area contributed by atoms with Crippen molar-refractivity contribution in [2.45, 2.75) is 20.3 Å². The van der Waals surface area contributed by atoms with Gasteiger partial charge in [-0.3, -0.25) is 0 Å². The summed E-state index contributed by atoms with van der Waals surface area (Å²) in [6.07, 6.45) is 2.59. The second-order valence-corrected chi connectivity index (χ2v) is 6.30. The minimum Gasteiger partial charge on any atom is -0.490 e. The first kappa shape index (κ1) is 16.8. The van der Waals surface area contributed by atoms with Gasteiger partial charge in [-0.25, -0.2) is 4.98 Å². The maximum absolute atomic E-state index is 9.32. The Balaban J connectivity index is 2.36. The van der Waals surface area contributed by atoms with Gasteiger partial charge in [0, 0.05) is 11.1 Å². The molecule has 0 unspecified atom stereocenters. The standard InChI is InChI=1S/C16H14Cl2N2OS/c1-3-4-21-15-13(17)6-11(7-14(15)18)5-12(8-19)16-20-10(2)9-22-16/h5-7,9H,3-4H2,1-2H3/b12-5-. The second-order valence-electron chi connectivity index (χ2n) is 4.63. The number of nitriles is 1. The van der Waals surface area contributed by atoms with Crippen molar-refractivity contribution in [2.24, 2.45) is 0 Å². The predicted octanol–water partition coefficient (Wildman–Crippen LogP) is 5.61. The van der Waals surface area contributed by atoms with Crippen LogP contribution in [0.5, 0.6) is 5.75 Å². The summed E-state index contributed by atoms with van der Waals surface area (Å²) in [6, 6.07) is 5.62. The van der Waals surface area contributed by atoms with Crippen molar-refractivity contribution in [3.63, 3.8) is 0 Å². The molecule has 0 atom stereocenters. The fourth-order valence-electron chi connectivity index (χ4n) is 1.79. The van der Waals surface area contributed by atoms with E-state index >= 15 is 0 Å². The quantitative estimate of drug-likeness (QED) is 0.656. The first-order valence-corrected chi connectivity index (χ1v) is 8.34. The van der Waals surface area contributed by atoms with E-state index in [1.54, 1.807) is 18.2 Å². The van der Waals surface area contributed by atoms with Crippen LogP contribution in [-0.4, -0.2) is 11.6 Å². The van der Waals surface area contributed by atoms with Crippen molar-refractivity contribution in [3.8, 4) is 11.8 Å². The maximum atomic E-state index is 9.32. The molecule has 0 aliphatic rings. The zero-order chi connectivity index (χ0) is 16.1. The third kappa shape index (κ3) is 4.01. The first-order chi connectivity index (χ1) is 10.5. The number of rotatable bonds is 5. The minimum absolute atomic E-state index is 0.430. The highest BCUT2D eigenvalue weighted by Gasteiger charge is 2.11. The van der Waals surface area contributed by atoms with Crippen LogP contribution in [0.3, 0.4) is 0 Å². The van der Waals surface area contributed by atoms with Gasteiger partial charge in [0.15, 0.2) is 5.75 Å². The zero-order valence-electron chi connectivity index (χ0n) is 12.2. The van der Waals surface area contributed by atoms with E-state index in [9.17, 15) is 5.26 Å². The maximum Gasteiger partial charge on any atom is 0.156 e. The molecule has 0 spiro atoms. The highest BCUT2D eigenvalue weighted by atomic mass is 35.5. The Bertz CT molecular complexity index is 724. The van der Waals surface area contributed by atoms with Crippen molar-refractivity contribution in [1.82, 2.24) is 4.98 Å². The SMILES string of the molecule is CCCOc1c(Cl)cc(/C=C(/C#N)c2nc(C)cs2)cc1Cl. The van der Waals surface area contributed by atoms with E-state index in [2.05, 4.69) is 11.1 Å². The molecule has 0 aliphatic carbocycles. The molecule has 0 aliphatic heterocycles. The van der Waals surface area contributed by atoms with Crippen LogP contribution in [0.25, 0.3) is 11.6 Å². The lowest BCUT2D eigenvalue weighted by molar-refractivity contribution is 0.318. The largest absolute Gasteiger partial charge is 0.490 e. The lowest BCUT2D eigenvalue weighted by Gasteiger charge is -2.10. The molecule has 2 rings (SSSR count). The topological polar surface area (TPSA) is 45.9 Å². The van der Waals surface area contributed by atoms with E-state index in [0.717, 1.165) is 17.7 Å². The van der Waals surface area contributed by atoms with Crippen molar-refractivity contribution in [1.29, 1.82) is 5.26 Å². The van der Waals surface area contributed by atoms with Gasteiger partial charge in [0.2, 0.25) is 0 Å². The number of allylic oxidation sites excluding steroid dienone is 1. The van der Waals surface area contributed by atoms with E-state index < -0.39 is 0 Å². The molecule has 0 bridgehead atoms. The van der Waals surface area contributed by atoms with Crippen molar-refractivity contribution >= 4 is 46.2 Å². The molecule has 0 saturated carbocycles. The van der Waals surface area contributed by atoms with Gasteiger partial charge in [-0.1, -0.05) is 30.1 Å². The summed E-state index contributed by atoms with van der Waals surface area (Å²) >= 11 is 13.9. The molecule has 22 heavy (non-hydrogen) atoms. The molecular formula is C16H14Cl2N2OS. The van der Waals surface area contributed by atoms with E-state index in [0.29, 0.717) is 33.0 Å². The lowest BCUT2D eigenvalue weighted by atomic mass is 10.1. The van der Waals surface area contributed by atoms with Gasteiger partial charge in [-0.15, -0.1) is 11.3 Å². The van der Waals surface area contributed by atoms with Crippen molar-refractivity contribution in [2.75, 3.05) is 6.61 Å². The number of ether oxygens (including phenoxy) is 1. The fraction of sp³-hybridized carbons (Fsp3) is 0.250. The second kappa shape index (κ2) is 7.64. The summed E-state index contributed by atoms with van der Waals surface area (Å²) in [5.41, 5.74) is 2.11. The van der Waals surface area contributed by atoms with Gasteiger partial charge in [0.25, 0.3) is 0 Å². The number of thiazole rings is 1. The number of hydrogen-bond acceptors (Lipinski definition) is 4. The number of benzene rings is 1. The third-order valence-electron chi connectivity index (χ3n) is 2.75. The number of halogens is 2. The molecule has 114 valence electrons. The van der Waals surface area contributed by atoms with Crippen LogP contribution in [0.4, 0.5) is 0 Å². The molecule has 1 aromatic carbocycles. The minimum atomic E-state index is 0.430. The molecule has 0 saturated heterocycles. The Morgan fingerprint density at radius 1 is 1.41 bits per heavy atom. The molecular weight excluding hydrogens is 339 g/mol. The molecule has 0 amide bonds. The number of nitrogens with zero attached hydrogens (tertiary/aromatic N) is 2. The zero-order valence-corrected chi connectivity index (χ0v) is 14.5. The number of hydrogen-bond donors (Lipinski definition) is 0. The Hall–Kier alpha value is -1.54.